The van der Waals surface area contributed by atoms with Crippen LogP contribution in [-0.2, 0) is 13.0 Å². The third-order valence-corrected chi connectivity index (χ3v) is 3.33. The summed E-state index contributed by atoms with van der Waals surface area (Å²) in [6.45, 7) is 0.316. The first-order chi connectivity index (χ1) is 9.25. The molecule has 0 fully saturated rings. The first kappa shape index (κ1) is 11.8. The van der Waals surface area contributed by atoms with Crippen LogP contribution in [0.3, 0.4) is 0 Å². The molecule has 0 aromatic carbocycles. The van der Waals surface area contributed by atoms with Crippen LogP contribution in [0, 0.1) is 0 Å². The monoisotopic (exact) mass is 255 g/mol. The molecule has 1 aliphatic carbocycles. The first-order valence-corrected chi connectivity index (χ1v) is 6.27. The van der Waals surface area contributed by atoms with Crippen molar-refractivity contribution in [3.05, 3.63) is 58.0 Å². The van der Waals surface area contributed by atoms with E-state index in [0.717, 1.165) is 18.5 Å². The topological polar surface area (TPSA) is 64.8 Å². The van der Waals surface area contributed by atoms with Gasteiger partial charge in [-0.2, -0.15) is 0 Å². The van der Waals surface area contributed by atoms with Crippen molar-refractivity contribution < 1.29 is 4.79 Å². The van der Waals surface area contributed by atoms with Crippen molar-refractivity contribution in [3.8, 4) is 0 Å². The lowest BCUT2D eigenvalue weighted by atomic mass is 9.94. The van der Waals surface area contributed by atoms with Crippen molar-refractivity contribution in [2.75, 3.05) is 0 Å². The average molecular weight is 255 g/mol. The Morgan fingerprint density at radius 3 is 2.68 bits per heavy atom. The fourth-order valence-electron chi connectivity index (χ4n) is 2.42. The highest BCUT2D eigenvalue weighted by atomic mass is 16.1. The number of fused-ring (bicyclic) bond motifs is 1. The van der Waals surface area contributed by atoms with E-state index in [1.54, 1.807) is 29.1 Å². The van der Waals surface area contributed by atoms with Crippen LogP contribution in [0.4, 0.5) is 0 Å². The molecule has 0 unspecified atom stereocenters. The van der Waals surface area contributed by atoms with E-state index in [1.165, 1.54) is 6.07 Å². The molecule has 2 heterocycles. The third kappa shape index (κ3) is 2.19. The van der Waals surface area contributed by atoms with Gasteiger partial charge < -0.3 is 4.57 Å². The molecule has 0 spiro atoms. The second-order valence-electron chi connectivity index (χ2n) is 4.56. The van der Waals surface area contributed by atoms with Gasteiger partial charge in [0.2, 0.25) is 0 Å². The SMILES string of the molecule is O=C1CCCc2c1ccc(=O)n2Cc1ncccn1. The van der Waals surface area contributed by atoms with Crippen LogP contribution in [0.25, 0.3) is 0 Å². The Bertz CT molecular complexity index is 677. The molecule has 0 bridgehead atoms. The lowest BCUT2D eigenvalue weighted by Gasteiger charge is -2.19. The van der Waals surface area contributed by atoms with Crippen molar-refractivity contribution in [1.29, 1.82) is 0 Å². The smallest absolute Gasteiger partial charge is 0.251 e. The summed E-state index contributed by atoms with van der Waals surface area (Å²) in [5.41, 5.74) is 1.37. The van der Waals surface area contributed by atoms with Crippen molar-refractivity contribution in [1.82, 2.24) is 14.5 Å². The molecule has 5 nitrogen and oxygen atoms in total. The van der Waals surface area contributed by atoms with Crippen LogP contribution in [0.2, 0.25) is 0 Å². The molecule has 0 saturated carbocycles. The second kappa shape index (κ2) is 4.76. The second-order valence-corrected chi connectivity index (χ2v) is 4.56. The Balaban J connectivity index is 2.08. The van der Waals surface area contributed by atoms with Crippen LogP contribution >= 0.6 is 0 Å². The third-order valence-electron chi connectivity index (χ3n) is 3.33. The van der Waals surface area contributed by atoms with Gasteiger partial charge in [-0.25, -0.2) is 9.97 Å². The van der Waals surface area contributed by atoms with E-state index in [-0.39, 0.29) is 11.3 Å². The van der Waals surface area contributed by atoms with Gasteiger partial charge in [-0.15, -0.1) is 0 Å². The van der Waals surface area contributed by atoms with Crippen molar-refractivity contribution in [2.24, 2.45) is 0 Å². The molecule has 5 heteroatoms. The fraction of sp³-hybridized carbons (Fsp3) is 0.286. The molecule has 2 aromatic heterocycles. The predicted octanol–water partition coefficient (Wildman–Crippen LogP) is 1.21. The van der Waals surface area contributed by atoms with Crippen LogP contribution in [0.1, 0.15) is 34.7 Å². The van der Waals surface area contributed by atoms with Crippen LogP contribution in [0.5, 0.6) is 0 Å². The zero-order valence-electron chi connectivity index (χ0n) is 10.4. The summed E-state index contributed by atoms with van der Waals surface area (Å²) in [6.07, 6.45) is 5.41. The van der Waals surface area contributed by atoms with E-state index in [1.807, 2.05) is 0 Å². The summed E-state index contributed by atoms with van der Waals surface area (Å²) in [7, 11) is 0. The molecule has 0 atom stereocenters. The Morgan fingerprint density at radius 2 is 1.89 bits per heavy atom. The average Bonchev–Trinajstić information content (AvgIpc) is 2.43. The van der Waals surface area contributed by atoms with E-state index in [9.17, 15) is 9.59 Å². The number of hydrogen-bond acceptors (Lipinski definition) is 4. The van der Waals surface area contributed by atoms with Gasteiger partial charge in [0.25, 0.3) is 5.56 Å². The van der Waals surface area contributed by atoms with Gasteiger partial charge in [0.05, 0.1) is 6.54 Å². The van der Waals surface area contributed by atoms with Gasteiger partial charge in [0.15, 0.2) is 5.78 Å². The number of nitrogens with zero attached hydrogens (tertiary/aromatic N) is 3. The van der Waals surface area contributed by atoms with Gasteiger partial charge in [-0.3, -0.25) is 9.59 Å². The highest BCUT2D eigenvalue weighted by Crippen LogP contribution is 2.19. The van der Waals surface area contributed by atoms with Crippen LogP contribution < -0.4 is 5.56 Å². The minimum atomic E-state index is -0.110. The van der Waals surface area contributed by atoms with E-state index < -0.39 is 0 Å². The van der Waals surface area contributed by atoms with Gasteiger partial charge in [-0.1, -0.05) is 0 Å². The van der Waals surface area contributed by atoms with Crippen LogP contribution in [-0.4, -0.2) is 20.3 Å². The summed E-state index contributed by atoms with van der Waals surface area (Å²) in [4.78, 5) is 32.1. The standard InChI is InChI=1S/C14H13N3O2/c18-12-4-1-3-11-10(12)5-6-14(19)17(11)9-13-15-7-2-8-16-13/h2,5-8H,1,3-4,9H2. The maximum Gasteiger partial charge on any atom is 0.251 e. The number of carbonyl (C=O) groups excluding carboxylic acids is 1. The largest absolute Gasteiger partial charge is 0.304 e. The number of pyridine rings is 1. The van der Waals surface area contributed by atoms with E-state index in [2.05, 4.69) is 9.97 Å². The minimum Gasteiger partial charge on any atom is -0.304 e. The predicted molar refractivity (Wildman–Crippen MR) is 69.1 cm³/mol. The fourth-order valence-corrected chi connectivity index (χ4v) is 2.42. The quantitative estimate of drug-likeness (QED) is 0.809. The maximum atomic E-state index is 12.0. The highest BCUT2D eigenvalue weighted by Gasteiger charge is 2.20. The van der Waals surface area contributed by atoms with E-state index >= 15 is 0 Å². The minimum absolute atomic E-state index is 0.110. The zero-order chi connectivity index (χ0) is 13.2. The number of rotatable bonds is 2. The molecule has 1 aliphatic rings. The van der Waals surface area contributed by atoms with E-state index in [4.69, 9.17) is 0 Å². The zero-order valence-corrected chi connectivity index (χ0v) is 10.4. The number of ketones is 1. The van der Waals surface area contributed by atoms with Crippen molar-refractivity contribution >= 4 is 5.78 Å². The molecule has 0 aliphatic heterocycles. The van der Waals surface area contributed by atoms with Crippen molar-refractivity contribution in [3.63, 3.8) is 0 Å². The first-order valence-electron chi connectivity index (χ1n) is 6.27. The Kier molecular flexibility index (Phi) is 2.95. The molecule has 0 saturated heterocycles. The molecule has 19 heavy (non-hydrogen) atoms. The molecular formula is C14H13N3O2. The molecule has 96 valence electrons. The Labute approximate surface area is 109 Å². The summed E-state index contributed by atoms with van der Waals surface area (Å²) in [5, 5.41) is 0. The maximum absolute atomic E-state index is 12.0. The Hall–Kier alpha value is -2.30. The summed E-state index contributed by atoms with van der Waals surface area (Å²) in [6, 6.07) is 4.82. The summed E-state index contributed by atoms with van der Waals surface area (Å²) >= 11 is 0. The number of hydrogen-bond donors (Lipinski definition) is 0. The van der Waals surface area contributed by atoms with E-state index in [0.29, 0.717) is 24.4 Å². The van der Waals surface area contributed by atoms with Crippen LogP contribution in [0.15, 0.2) is 35.4 Å². The summed E-state index contributed by atoms with van der Waals surface area (Å²) < 4.78 is 1.61. The Morgan fingerprint density at radius 1 is 1.11 bits per heavy atom. The van der Waals surface area contributed by atoms with Gasteiger partial charge >= 0.3 is 0 Å². The highest BCUT2D eigenvalue weighted by molar-refractivity contribution is 5.97. The molecule has 2 aromatic rings. The lowest BCUT2D eigenvalue weighted by Crippen LogP contribution is -2.28. The van der Waals surface area contributed by atoms with Crippen molar-refractivity contribution in [2.45, 2.75) is 25.8 Å². The molecular weight excluding hydrogens is 242 g/mol. The number of carbonyl (C=O) groups is 1. The molecule has 0 N–H and O–H groups in total. The molecule has 0 radical (unpaired) electrons. The molecule has 3 rings (SSSR count). The lowest BCUT2D eigenvalue weighted by molar-refractivity contribution is 0.0970. The van der Waals surface area contributed by atoms with Gasteiger partial charge in [0.1, 0.15) is 5.82 Å². The number of aromatic nitrogens is 3. The molecule has 0 amide bonds. The van der Waals surface area contributed by atoms with Gasteiger partial charge in [-0.05, 0) is 25.0 Å². The summed E-state index contributed by atoms with van der Waals surface area (Å²) in [5.74, 6) is 0.694. The number of Topliss-reactive ketones (excluding diaryl/α,β-unsaturated/α-hetero) is 1. The van der Waals surface area contributed by atoms with Gasteiger partial charge in [0, 0.05) is 36.1 Å². The normalized spacial score (nSPS) is 14.2.